The van der Waals surface area contributed by atoms with Gasteiger partial charge >= 0.3 is 0 Å². The lowest BCUT2D eigenvalue weighted by molar-refractivity contribution is 0.578. The Labute approximate surface area is 151 Å². The smallest absolute Gasteiger partial charge is 0.100 e. The second-order valence-corrected chi connectivity index (χ2v) is 6.81. The molecule has 0 atom stereocenters. The fraction of sp³-hybridized carbons (Fsp3) is 0.632. The molecule has 4 heteroatoms. The molecule has 1 rings (SSSR count). The number of rotatable bonds is 11. The van der Waals surface area contributed by atoms with E-state index in [9.17, 15) is 0 Å². The SMILES string of the molecule is CCCCCCCCCCN=C(CC)Nc1cc(Cl)cc(Cl)c1. The third kappa shape index (κ3) is 9.88. The van der Waals surface area contributed by atoms with Crippen LogP contribution in [0.1, 0.15) is 71.6 Å². The molecule has 2 nitrogen and oxygen atoms in total. The van der Waals surface area contributed by atoms with E-state index in [1.165, 1.54) is 44.9 Å². The molecule has 0 heterocycles. The van der Waals surface area contributed by atoms with Crippen molar-refractivity contribution in [1.29, 1.82) is 0 Å². The molecule has 0 bridgehead atoms. The van der Waals surface area contributed by atoms with Crippen molar-refractivity contribution in [1.82, 2.24) is 0 Å². The Bertz CT molecular complexity index is 452. The molecule has 23 heavy (non-hydrogen) atoms. The highest BCUT2D eigenvalue weighted by Gasteiger charge is 2.01. The number of halogens is 2. The van der Waals surface area contributed by atoms with E-state index in [1.54, 1.807) is 6.07 Å². The van der Waals surface area contributed by atoms with Crippen molar-refractivity contribution in [3.8, 4) is 0 Å². The van der Waals surface area contributed by atoms with Gasteiger partial charge in [-0.25, -0.2) is 0 Å². The van der Waals surface area contributed by atoms with Crippen molar-refractivity contribution in [3.05, 3.63) is 28.2 Å². The number of hydrogen-bond donors (Lipinski definition) is 1. The van der Waals surface area contributed by atoms with Crippen molar-refractivity contribution in [2.24, 2.45) is 4.99 Å². The molecule has 0 saturated heterocycles. The first kappa shape index (κ1) is 20.3. The third-order valence-electron chi connectivity index (χ3n) is 3.80. The summed E-state index contributed by atoms with van der Waals surface area (Å²) < 4.78 is 0. The Kier molecular flexibility index (Phi) is 11.2. The summed E-state index contributed by atoms with van der Waals surface area (Å²) in [6.07, 6.45) is 11.5. The molecular formula is C19H30Cl2N2. The van der Waals surface area contributed by atoms with E-state index in [1.807, 2.05) is 12.1 Å². The van der Waals surface area contributed by atoms with Gasteiger partial charge in [-0.2, -0.15) is 0 Å². The Morgan fingerprint density at radius 2 is 1.43 bits per heavy atom. The third-order valence-corrected chi connectivity index (χ3v) is 4.24. The number of anilines is 1. The molecule has 0 fully saturated rings. The van der Waals surface area contributed by atoms with Crippen LogP contribution >= 0.6 is 23.2 Å². The van der Waals surface area contributed by atoms with Gasteiger partial charge in [0.2, 0.25) is 0 Å². The first-order chi connectivity index (χ1) is 11.2. The van der Waals surface area contributed by atoms with Crippen LogP contribution in [0, 0.1) is 0 Å². The number of amidine groups is 1. The highest BCUT2D eigenvalue weighted by atomic mass is 35.5. The maximum Gasteiger partial charge on any atom is 0.100 e. The van der Waals surface area contributed by atoms with E-state index in [0.717, 1.165) is 30.9 Å². The molecule has 0 unspecified atom stereocenters. The number of benzene rings is 1. The fourth-order valence-corrected chi connectivity index (χ4v) is 3.02. The number of hydrogen-bond acceptors (Lipinski definition) is 1. The number of nitrogens with one attached hydrogen (secondary N) is 1. The van der Waals surface area contributed by atoms with E-state index in [2.05, 4.69) is 24.2 Å². The van der Waals surface area contributed by atoms with Crippen LogP contribution < -0.4 is 5.32 Å². The van der Waals surface area contributed by atoms with Crippen molar-refractivity contribution < 1.29 is 0 Å². The molecule has 0 aliphatic rings. The zero-order chi connectivity index (χ0) is 16.9. The number of nitrogens with zero attached hydrogens (tertiary/aromatic N) is 1. The lowest BCUT2D eigenvalue weighted by Crippen LogP contribution is -2.11. The van der Waals surface area contributed by atoms with Crippen molar-refractivity contribution >= 4 is 34.7 Å². The summed E-state index contributed by atoms with van der Waals surface area (Å²) in [5, 5.41) is 4.59. The van der Waals surface area contributed by atoms with Crippen LogP contribution in [-0.4, -0.2) is 12.4 Å². The molecule has 0 aromatic heterocycles. The molecule has 0 aliphatic heterocycles. The van der Waals surface area contributed by atoms with Gasteiger partial charge < -0.3 is 5.32 Å². The summed E-state index contributed by atoms with van der Waals surface area (Å²) in [7, 11) is 0. The predicted molar refractivity (Wildman–Crippen MR) is 105 cm³/mol. The van der Waals surface area contributed by atoms with Crippen LogP contribution in [0.3, 0.4) is 0 Å². The van der Waals surface area contributed by atoms with Crippen molar-refractivity contribution in [2.45, 2.75) is 71.6 Å². The molecular weight excluding hydrogens is 327 g/mol. The molecule has 1 N–H and O–H groups in total. The highest BCUT2D eigenvalue weighted by molar-refractivity contribution is 6.35. The normalized spacial score (nSPS) is 11.7. The Balaban J connectivity index is 2.25. The van der Waals surface area contributed by atoms with E-state index in [0.29, 0.717) is 10.0 Å². The lowest BCUT2D eigenvalue weighted by atomic mass is 10.1. The molecule has 1 aromatic rings. The van der Waals surface area contributed by atoms with Crippen LogP contribution in [0.25, 0.3) is 0 Å². The lowest BCUT2D eigenvalue weighted by Gasteiger charge is -2.09. The summed E-state index contributed by atoms with van der Waals surface area (Å²) in [4.78, 5) is 4.66. The van der Waals surface area contributed by atoms with E-state index in [4.69, 9.17) is 23.2 Å². The first-order valence-electron chi connectivity index (χ1n) is 8.92. The van der Waals surface area contributed by atoms with Crippen LogP contribution in [0.2, 0.25) is 10.0 Å². The van der Waals surface area contributed by atoms with Gasteiger partial charge in [-0.05, 0) is 24.6 Å². The second kappa shape index (κ2) is 12.7. The number of unbranched alkanes of at least 4 members (excludes halogenated alkanes) is 7. The minimum atomic E-state index is 0.638. The quantitative estimate of drug-likeness (QED) is 0.250. The fourth-order valence-electron chi connectivity index (χ4n) is 2.49. The van der Waals surface area contributed by atoms with Gasteiger partial charge in [0.1, 0.15) is 5.84 Å². The Morgan fingerprint density at radius 1 is 0.870 bits per heavy atom. The Hall–Kier alpha value is -0.730. The van der Waals surface area contributed by atoms with E-state index < -0.39 is 0 Å². The van der Waals surface area contributed by atoms with Gasteiger partial charge in [-0.15, -0.1) is 0 Å². The van der Waals surface area contributed by atoms with Gasteiger partial charge in [0.05, 0.1) is 0 Å². The standard InChI is InChI=1S/C19H30Cl2N2/c1-3-5-6-7-8-9-10-11-12-22-19(4-2)23-18-14-16(20)13-17(21)15-18/h13-15H,3-12H2,1-2H3,(H,22,23). The zero-order valence-electron chi connectivity index (χ0n) is 14.5. The molecule has 0 amide bonds. The molecule has 0 radical (unpaired) electrons. The van der Waals surface area contributed by atoms with Crippen LogP contribution in [-0.2, 0) is 0 Å². The molecule has 0 spiro atoms. The summed E-state index contributed by atoms with van der Waals surface area (Å²) >= 11 is 12.0. The average molecular weight is 357 g/mol. The minimum absolute atomic E-state index is 0.638. The van der Waals surface area contributed by atoms with Gasteiger partial charge in [-0.3, -0.25) is 4.99 Å². The van der Waals surface area contributed by atoms with Gasteiger partial charge in [0.25, 0.3) is 0 Å². The molecule has 0 aliphatic carbocycles. The molecule has 0 saturated carbocycles. The maximum absolute atomic E-state index is 6.02. The second-order valence-electron chi connectivity index (χ2n) is 5.94. The minimum Gasteiger partial charge on any atom is -0.344 e. The zero-order valence-corrected chi connectivity index (χ0v) is 16.0. The summed E-state index contributed by atoms with van der Waals surface area (Å²) in [6.45, 7) is 5.25. The van der Waals surface area contributed by atoms with Crippen molar-refractivity contribution in [2.75, 3.05) is 11.9 Å². The maximum atomic E-state index is 6.02. The van der Waals surface area contributed by atoms with E-state index in [-0.39, 0.29) is 0 Å². The molecule has 1 aromatic carbocycles. The summed E-state index contributed by atoms with van der Waals surface area (Å²) in [6, 6.07) is 5.47. The van der Waals surface area contributed by atoms with Crippen LogP contribution in [0.5, 0.6) is 0 Å². The van der Waals surface area contributed by atoms with Crippen LogP contribution in [0.15, 0.2) is 23.2 Å². The van der Waals surface area contributed by atoms with Gasteiger partial charge in [-0.1, -0.05) is 82.0 Å². The van der Waals surface area contributed by atoms with E-state index >= 15 is 0 Å². The monoisotopic (exact) mass is 356 g/mol. The topological polar surface area (TPSA) is 24.4 Å². The van der Waals surface area contributed by atoms with Gasteiger partial charge in [0.15, 0.2) is 0 Å². The largest absolute Gasteiger partial charge is 0.344 e. The molecule has 130 valence electrons. The summed E-state index contributed by atoms with van der Waals surface area (Å²) in [5.41, 5.74) is 0.902. The number of aliphatic imine (C=N–C) groups is 1. The Morgan fingerprint density at radius 3 is 2.00 bits per heavy atom. The van der Waals surface area contributed by atoms with Crippen molar-refractivity contribution in [3.63, 3.8) is 0 Å². The highest BCUT2D eigenvalue weighted by Crippen LogP contribution is 2.22. The predicted octanol–water partition coefficient (Wildman–Crippen LogP) is 7.35. The first-order valence-corrected chi connectivity index (χ1v) is 9.67. The summed E-state index contributed by atoms with van der Waals surface area (Å²) in [5.74, 6) is 0.992. The average Bonchev–Trinajstić information content (AvgIpc) is 2.51. The van der Waals surface area contributed by atoms with Gasteiger partial charge in [0, 0.05) is 28.7 Å². The van der Waals surface area contributed by atoms with Crippen LogP contribution in [0.4, 0.5) is 5.69 Å².